The van der Waals surface area contributed by atoms with Crippen LogP contribution in [0.1, 0.15) is 25.3 Å². The molecule has 1 unspecified atom stereocenters. The highest BCUT2D eigenvalue weighted by Crippen LogP contribution is 2.15. The van der Waals surface area contributed by atoms with E-state index in [0.29, 0.717) is 6.54 Å². The lowest BCUT2D eigenvalue weighted by Gasteiger charge is -2.14. The van der Waals surface area contributed by atoms with Crippen LogP contribution >= 0.6 is 39.9 Å². The highest BCUT2D eigenvalue weighted by atomic mass is 127. The molecule has 1 aromatic carbocycles. The number of guanidine groups is 1. The van der Waals surface area contributed by atoms with Crippen molar-refractivity contribution in [2.24, 2.45) is 4.99 Å². The molecule has 4 nitrogen and oxygen atoms in total. The topological polar surface area (TPSA) is 45.7 Å². The third-order valence-electron chi connectivity index (χ3n) is 3.21. The largest absolute Gasteiger partial charge is 0.376 e. The first-order valence-electron chi connectivity index (χ1n) is 7.26. The van der Waals surface area contributed by atoms with Crippen molar-refractivity contribution in [1.82, 2.24) is 10.6 Å². The van der Waals surface area contributed by atoms with E-state index in [9.17, 15) is 4.39 Å². The number of rotatable bonds is 5. The Balaban J connectivity index is 0.00000242. The molecule has 0 spiro atoms. The molecular formula is C15H22BrFIN3O. The summed E-state index contributed by atoms with van der Waals surface area (Å²) in [6.45, 7) is 4.82. The van der Waals surface area contributed by atoms with Crippen LogP contribution in [0.3, 0.4) is 0 Å². The third-order valence-corrected chi connectivity index (χ3v) is 3.67. The Labute approximate surface area is 156 Å². The Morgan fingerprint density at radius 3 is 2.86 bits per heavy atom. The maximum Gasteiger partial charge on any atom is 0.191 e. The molecule has 7 heteroatoms. The average molecular weight is 486 g/mol. The Morgan fingerprint density at radius 2 is 2.23 bits per heavy atom. The maximum absolute atomic E-state index is 13.3. The van der Waals surface area contributed by atoms with Gasteiger partial charge in [-0.25, -0.2) is 9.38 Å². The van der Waals surface area contributed by atoms with Crippen LogP contribution in [0, 0.1) is 5.82 Å². The number of ether oxygens (including phenoxy) is 1. The number of hydrogen-bond acceptors (Lipinski definition) is 2. The first-order chi connectivity index (χ1) is 10.2. The first kappa shape index (κ1) is 19.6. The summed E-state index contributed by atoms with van der Waals surface area (Å²) in [6, 6.07) is 4.81. The highest BCUT2D eigenvalue weighted by Gasteiger charge is 2.15. The van der Waals surface area contributed by atoms with Gasteiger partial charge >= 0.3 is 0 Å². The van der Waals surface area contributed by atoms with E-state index in [4.69, 9.17) is 4.74 Å². The molecule has 1 aliphatic heterocycles. The lowest BCUT2D eigenvalue weighted by atomic mass is 10.2. The van der Waals surface area contributed by atoms with Gasteiger partial charge in [-0.1, -0.05) is 15.9 Å². The molecule has 0 radical (unpaired) electrons. The van der Waals surface area contributed by atoms with Gasteiger partial charge in [0.15, 0.2) is 5.96 Å². The Morgan fingerprint density at radius 1 is 1.41 bits per heavy atom. The molecule has 1 fully saturated rings. The number of benzene rings is 1. The van der Waals surface area contributed by atoms with Gasteiger partial charge in [0, 0.05) is 24.2 Å². The van der Waals surface area contributed by atoms with Crippen molar-refractivity contribution in [2.45, 2.75) is 32.4 Å². The molecule has 124 valence electrons. The summed E-state index contributed by atoms with van der Waals surface area (Å²) in [4.78, 5) is 4.48. The van der Waals surface area contributed by atoms with Crippen LogP contribution in [-0.2, 0) is 11.3 Å². The van der Waals surface area contributed by atoms with Crippen molar-refractivity contribution in [2.75, 3.05) is 19.7 Å². The molecule has 1 atom stereocenters. The summed E-state index contributed by atoms with van der Waals surface area (Å²) < 4.78 is 19.6. The van der Waals surface area contributed by atoms with Gasteiger partial charge < -0.3 is 15.4 Å². The van der Waals surface area contributed by atoms with E-state index in [1.54, 1.807) is 0 Å². The molecule has 2 rings (SSSR count). The van der Waals surface area contributed by atoms with Crippen LogP contribution in [0.25, 0.3) is 0 Å². The zero-order valence-electron chi connectivity index (χ0n) is 12.6. The fraction of sp³-hybridized carbons (Fsp3) is 0.533. The van der Waals surface area contributed by atoms with Crippen LogP contribution in [0.4, 0.5) is 4.39 Å². The summed E-state index contributed by atoms with van der Waals surface area (Å²) in [7, 11) is 0. The van der Waals surface area contributed by atoms with Crippen LogP contribution in [-0.4, -0.2) is 31.8 Å². The lowest BCUT2D eigenvalue weighted by molar-refractivity contribution is 0.114. The van der Waals surface area contributed by atoms with Crippen molar-refractivity contribution >= 4 is 45.9 Å². The van der Waals surface area contributed by atoms with Crippen LogP contribution < -0.4 is 10.6 Å². The standard InChI is InChI=1S/C15H21BrFN3O.HI/c1-2-18-15(20-10-14-4-3-5-21-14)19-9-11-6-12(16)8-13(17)7-11;/h6-8,14H,2-5,9-10H2,1H3,(H2,18,19,20);1H. The minimum atomic E-state index is -0.258. The van der Waals surface area contributed by atoms with Gasteiger partial charge in [-0.2, -0.15) is 0 Å². The molecule has 2 N–H and O–H groups in total. The molecular weight excluding hydrogens is 464 g/mol. The summed E-state index contributed by atoms with van der Waals surface area (Å²) >= 11 is 3.29. The average Bonchev–Trinajstić information content (AvgIpc) is 2.94. The Bertz CT molecular complexity index is 475. The smallest absolute Gasteiger partial charge is 0.191 e. The molecule has 0 amide bonds. The van der Waals surface area contributed by atoms with E-state index in [-0.39, 0.29) is 35.9 Å². The van der Waals surface area contributed by atoms with Gasteiger partial charge in [0.1, 0.15) is 5.82 Å². The maximum atomic E-state index is 13.3. The summed E-state index contributed by atoms with van der Waals surface area (Å²) in [6.07, 6.45) is 2.47. The number of nitrogens with one attached hydrogen (secondary N) is 2. The Kier molecular flexibility index (Phi) is 9.27. The lowest BCUT2D eigenvalue weighted by Crippen LogP contribution is -2.41. The second-order valence-electron chi connectivity index (χ2n) is 4.99. The van der Waals surface area contributed by atoms with Crippen LogP contribution in [0.5, 0.6) is 0 Å². The summed E-state index contributed by atoms with van der Waals surface area (Å²) in [5.41, 5.74) is 0.830. The molecule has 1 saturated heterocycles. The van der Waals surface area contributed by atoms with Gasteiger partial charge in [-0.3, -0.25) is 0 Å². The van der Waals surface area contributed by atoms with Crippen molar-refractivity contribution in [3.63, 3.8) is 0 Å². The third kappa shape index (κ3) is 6.78. The number of nitrogens with zero attached hydrogens (tertiary/aromatic N) is 1. The van der Waals surface area contributed by atoms with E-state index >= 15 is 0 Å². The minimum absolute atomic E-state index is 0. The second-order valence-corrected chi connectivity index (χ2v) is 5.90. The predicted octanol–water partition coefficient (Wildman–Crippen LogP) is 3.44. The fourth-order valence-electron chi connectivity index (χ4n) is 2.23. The van der Waals surface area contributed by atoms with Crippen molar-refractivity contribution in [1.29, 1.82) is 0 Å². The molecule has 0 saturated carbocycles. The van der Waals surface area contributed by atoms with E-state index in [1.165, 1.54) is 12.1 Å². The molecule has 1 aliphatic rings. The van der Waals surface area contributed by atoms with Gasteiger partial charge in [-0.15, -0.1) is 24.0 Å². The molecule has 1 aromatic rings. The van der Waals surface area contributed by atoms with Crippen LogP contribution in [0.15, 0.2) is 27.7 Å². The van der Waals surface area contributed by atoms with Gasteiger partial charge in [0.2, 0.25) is 0 Å². The van der Waals surface area contributed by atoms with E-state index in [2.05, 4.69) is 31.6 Å². The SMILES string of the molecule is CCNC(=NCc1cc(F)cc(Br)c1)NCC1CCCO1.I. The Hall–Kier alpha value is -0.410. The van der Waals surface area contributed by atoms with Gasteiger partial charge in [0.05, 0.1) is 12.6 Å². The van der Waals surface area contributed by atoms with E-state index < -0.39 is 0 Å². The number of halogens is 3. The molecule has 22 heavy (non-hydrogen) atoms. The van der Waals surface area contributed by atoms with E-state index in [0.717, 1.165) is 48.5 Å². The van der Waals surface area contributed by atoms with Crippen LogP contribution in [0.2, 0.25) is 0 Å². The zero-order valence-corrected chi connectivity index (χ0v) is 16.5. The minimum Gasteiger partial charge on any atom is -0.376 e. The van der Waals surface area contributed by atoms with E-state index in [1.807, 2.05) is 13.0 Å². The normalized spacial score (nSPS) is 18.0. The first-order valence-corrected chi connectivity index (χ1v) is 8.05. The number of hydrogen-bond donors (Lipinski definition) is 2. The molecule has 1 heterocycles. The van der Waals surface area contributed by atoms with Crippen molar-refractivity contribution < 1.29 is 9.13 Å². The second kappa shape index (κ2) is 10.4. The molecule has 0 aliphatic carbocycles. The molecule has 0 aromatic heterocycles. The van der Waals surface area contributed by atoms with Crippen molar-refractivity contribution in [3.8, 4) is 0 Å². The van der Waals surface area contributed by atoms with Gasteiger partial charge in [0.25, 0.3) is 0 Å². The monoisotopic (exact) mass is 485 g/mol. The summed E-state index contributed by atoms with van der Waals surface area (Å²) in [5, 5.41) is 6.45. The molecule has 0 bridgehead atoms. The quantitative estimate of drug-likeness (QED) is 0.381. The zero-order chi connectivity index (χ0) is 15.1. The highest BCUT2D eigenvalue weighted by molar-refractivity contribution is 14.0. The van der Waals surface area contributed by atoms with Gasteiger partial charge in [-0.05, 0) is 43.5 Å². The summed E-state index contributed by atoms with van der Waals surface area (Å²) in [5.74, 6) is 0.472. The number of aliphatic imine (C=N–C) groups is 1. The van der Waals surface area contributed by atoms with Crippen molar-refractivity contribution in [3.05, 3.63) is 34.1 Å². The fourth-order valence-corrected chi connectivity index (χ4v) is 2.74. The predicted molar refractivity (Wildman–Crippen MR) is 101 cm³/mol.